The van der Waals surface area contributed by atoms with Gasteiger partial charge in [0.1, 0.15) is 0 Å². The summed E-state index contributed by atoms with van der Waals surface area (Å²) in [6.45, 7) is 26.6. The van der Waals surface area contributed by atoms with E-state index in [-0.39, 0.29) is 0 Å². The van der Waals surface area contributed by atoms with Crippen molar-refractivity contribution in [1.82, 2.24) is 0 Å². The lowest BCUT2D eigenvalue weighted by Crippen LogP contribution is -2.56. The monoisotopic (exact) mass is 394 g/mol. The molecule has 0 unspecified atom stereocenters. The standard InChI is InChI=1S/C15H38O4Si4/c1-11-13-16-14-12-15-23(10,18-21(5,6)7)19-22(8,9)17-20(2,3)4/h1H,11-15H2,2-10H3/t23-/m0/s1. The van der Waals surface area contributed by atoms with Crippen molar-refractivity contribution in [2.24, 2.45) is 0 Å². The first kappa shape index (κ1) is 23.7. The van der Waals surface area contributed by atoms with E-state index in [0.717, 1.165) is 19.1 Å². The van der Waals surface area contributed by atoms with E-state index in [1.807, 2.05) is 0 Å². The van der Waals surface area contributed by atoms with Gasteiger partial charge in [-0.1, -0.05) is 0 Å². The molecule has 0 amide bonds. The maximum atomic E-state index is 6.61. The Hall–Kier alpha value is 0.708. The summed E-state index contributed by atoms with van der Waals surface area (Å²) < 4.78 is 25.0. The van der Waals surface area contributed by atoms with Crippen molar-refractivity contribution < 1.29 is 17.1 Å². The Balaban J connectivity index is 4.84. The molecule has 0 N–H and O–H groups in total. The smallest absolute Gasteiger partial charge is 0.315 e. The molecular weight excluding hydrogens is 357 g/mol. The maximum Gasteiger partial charge on any atom is 0.315 e. The van der Waals surface area contributed by atoms with E-state index in [2.05, 4.69) is 58.9 Å². The molecular formula is C15H38O4Si4. The van der Waals surface area contributed by atoms with E-state index in [9.17, 15) is 0 Å². The van der Waals surface area contributed by atoms with Crippen LogP contribution in [0.2, 0.25) is 65.0 Å². The van der Waals surface area contributed by atoms with Gasteiger partial charge >= 0.3 is 17.1 Å². The van der Waals surface area contributed by atoms with Crippen molar-refractivity contribution in [2.45, 2.75) is 77.8 Å². The van der Waals surface area contributed by atoms with Gasteiger partial charge in [-0.15, -0.1) is 0 Å². The first-order valence-electron chi connectivity index (χ1n) is 8.56. The number of ether oxygens (including phenoxy) is 1. The van der Waals surface area contributed by atoms with Gasteiger partial charge in [-0.25, -0.2) is 0 Å². The zero-order valence-electron chi connectivity index (χ0n) is 16.7. The van der Waals surface area contributed by atoms with Crippen LogP contribution in [0.15, 0.2) is 0 Å². The minimum absolute atomic E-state index is 0.570. The van der Waals surface area contributed by atoms with Crippen LogP contribution in [0, 0.1) is 6.92 Å². The Labute approximate surface area is 149 Å². The number of rotatable bonds is 12. The predicted octanol–water partition coefficient (Wildman–Crippen LogP) is 4.99. The minimum Gasteiger partial charge on any atom is -0.437 e. The van der Waals surface area contributed by atoms with Crippen LogP contribution in [-0.4, -0.2) is 47.0 Å². The van der Waals surface area contributed by atoms with Gasteiger partial charge in [0, 0.05) is 13.2 Å². The number of hydrogen-bond donors (Lipinski definition) is 0. The highest BCUT2D eigenvalue weighted by Crippen LogP contribution is 2.27. The predicted molar refractivity (Wildman–Crippen MR) is 108 cm³/mol. The molecule has 8 heteroatoms. The summed E-state index contributed by atoms with van der Waals surface area (Å²) in [5.74, 6) is 0. The fraction of sp³-hybridized carbons (Fsp3) is 0.933. The Morgan fingerprint density at radius 2 is 1.22 bits per heavy atom. The Bertz CT molecular complexity index is 339. The largest absolute Gasteiger partial charge is 0.437 e. The van der Waals surface area contributed by atoms with Crippen molar-refractivity contribution in [3.05, 3.63) is 6.92 Å². The second kappa shape index (κ2) is 9.42. The van der Waals surface area contributed by atoms with Crippen LogP contribution >= 0.6 is 0 Å². The molecule has 0 saturated carbocycles. The summed E-state index contributed by atoms with van der Waals surface area (Å²) in [5.41, 5.74) is 0. The molecule has 0 spiro atoms. The molecule has 0 aromatic carbocycles. The highest BCUT2D eigenvalue weighted by atomic mass is 28.5. The maximum absolute atomic E-state index is 6.61. The van der Waals surface area contributed by atoms with Gasteiger partial charge in [-0.2, -0.15) is 0 Å². The highest BCUT2D eigenvalue weighted by Gasteiger charge is 2.44. The van der Waals surface area contributed by atoms with Crippen LogP contribution < -0.4 is 0 Å². The molecule has 23 heavy (non-hydrogen) atoms. The Morgan fingerprint density at radius 3 is 1.65 bits per heavy atom. The van der Waals surface area contributed by atoms with Gasteiger partial charge in [-0.05, 0) is 84.7 Å². The van der Waals surface area contributed by atoms with Gasteiger partial charge < -0.3 is 17.1 Å². The van der Waals surface area contributed by atoms with Gasteiger partial charge in [0.2, 0.25) is 0 Å². The lowest BCUT2D eigenvalue weighted by molar-refractivity contribution is 0.137. The molecule has 0 aliphatic carbocycles. The average molecular weight is 395 g/mol. The van der Waals surface area contributed by atoms with Crippen LogP contribution in [-0.2, 0) is 17.1 Å². The van der Waals surface area contributed by atoms with E-state index in [1.54, 1.807) is 0 Å². The lowest BCUT2D eigenvalue weighted by Gasteiger charge is -2.41. The van der Waals surface area contributed by atoms with E-state index in [0.29, 0.717) is 13.0 Å². The van der Waals surface area contributed by atoms with Crippen LogP contribution in [0.25, 0.3) is 0 Å². The van der Waals surface area contributed by atoms with Crippen molar-refractivity contribution in [1.29, 1.82) is 0 Å². The topological polar surface area (TPSA) is 36.9 Å². The third-order valence-electron chi connectivity index (χ3n) is 2.72. The van der Waals surface area contributed by atoms with Crippen LogP contribution in [0.3, 0.4) is 0 Å². The molecule has 0 aromatic rings. The first-order chi connectivity index (χ1) is 10.2. The minimum atomic E-state index is -2.27. The van der Waals surface area contributed by atoms with Crippen molar-refractivity contribution in [2.75, 3.05) is 13.2 Å². The summed E-state index contributed by atoms with van der Waals surface area (Å²) in [4.78, 5) is 0. The van der Waals surface area contributed by atoms with E-state index < -0.39 is 33.8 Å². The second-order valence-corrected chi connectivity index (χ2v) is 25.0. The van der Waals surface area contributed by atoms with Crippen LogP contribution in [0.1, 0.15) is 12.8 Å². The molecule has 0 rings (SSSR count). The van der Waals surface area contributed by atoms with Crippen LogP contribution in [0.4, 0.5) is 0 Å². The van der Waals surface area contributed by atoms with Gasteiger partial charge in [0.15, 0.2) is 16.6 Å². The van der Waals surface area contributed by atoms with E-state index >= 15 is 0 Å². The number of hydrogen-bond acceptors (Lipinski definition) is 4. The zero-order valence-corrected chi connectivity index (χ0v) is 20.7. The summed E-state index contributed by atoms with van der Waals surface area (Å²) in [6.07, 6.45) is 1.52. The molecule has 0 heterocycles. The SMILES string of the molecule is [CH]CCOCCC[Si@@](C)(O[Si](C)(C)C)O[Si](C)(C)O[Si](C)(C)C. The van der Waals surface area contributed by atoms with E-state index in [4.69, 9.17) is 24.0 Å². The summed E-state index contributed by atoms with van der Waals surface area (Å²) in [5, 5.41) is 0. The van der Waals surface area contributed by atoms with Gasteiger partial charge in [-0.3, -0.25) is 0 Å². The van der Waals surface area contributed by atoms with Gasteiger partial charge in [0.05, 0.1) is 0 Å². The summed E-state index contributed by atoms with van der Waals surface area (Å²) in [7, 11) is -7.76. The van der Waals surface area contributed by atoms with Crippen molar-refractivity contribution in [3.8, 4) is 0 Å². The Morgan fingerprint density at radius 1 is 0.696 bits per heavy atom. The molecule has 0 aliphatic rings. The highest BCUT2D eigenvalue weighted by molar-refractivity contribution is 6.89. The summed E-state index contributed by atoms with van der Waals surface area (Å²) in [6, 6.07) is 0.938. The normalized spacial score (nSPS) is 16.4. The molecule has 0 aliphatic heterocycles. The Kier molecular flexibility index (Phi) is 9.71. The molecule has 0 aromatic heterocycles. The van der Waals surface area contributed by atoms with Crippen LogP contribution in [0.5, 0.6) is 0 Å². The molecule has 138 valence electrons. The fourth-order valence-electron chi connectivity index (χ4n) is 2.73. The summed E-state index contributed by atoms with van der Waals surface area (Å²) >= 11 is 0. The zero-order chi connectivity index (χ0) is 18.4. The quantitative estimate of drug-likeness (QED) is 0.345. The molecule has 0 bridgehead atoms. The second-order valence-electron chi connectivity index (χ2n) is 8.57. The molecule has 1 atom stereocenters. The molecule has 4 nitrogen and oxygen atoms in total. The molecule has 2 radical (unpaired) electrons. The molecule has 0 fully saturated rings. The average Bonchev–Trinajstić information content (AvgIpc) is 2.20. The van der Waals surface area contributed by atoms with Crippen molar-refractivity contribution >= 4 is 33.8 Å². The third kappa shape index (κ3) is 13.7. The molecule has 0 saturated heterocycles. The fourth-order valence-corrected chi connectivity index (χ4v) is 20.7. The third-order valence-corrected chi connectivity index (χ3v) is 16.3. The first-order valence-corrected chi connectivity index (χ1v) is 20.7. The van der Waals surface area contributed by atoms with E-state index in [1.165, 1.54) is 0 Å². The van der Waals surface area contributed by atoms with Gasteiger partial charge in [0.25, 0.3) is 0 Å². The lowest BCUT2D eigenvalue weighted by atomic mass is 10.5. The van der Waals surface area contributed by atoms with Crippen molar-refractivity contribution in [3.63, 3.8) is 0 Å².